The highest BCUT2D eigenvalue weighted by Gasteiger charge is 2.30. The van der Waals surface area contributed by atoms with Crippen LogP contribution in [0, 0.1) is 0 Å². The van der Waals surface area contributed by atoms with Crippen molar-refractivity contribution in [3.05, 3.63) is 41.5 Å². The van der Waals surface area contributed by atoms with Gasteiger partial charge in [-0.25, -0.2) is 9.59 Å². The molecule has 1 aromatic heterocycles. The Hall–Kier alpha value is -5.46. The molecule has 0 radical (unpaired) electrons. The molecule has 0 fully saturated rings. The summed E-state index contributed by atoms with van der Waals surface area (Å²) in [5, 5.41) is 47.8. The molecule has 19 nitrogen and oxygen atoms in total. The number of amides is 3. The molecule has 3 amide bonds. The third kappa shape index (κ3) is 11.9. The van der Waals surface area contributed by atoms with E-state index in [-0.39, 0.29) is 49.2 Å². The Kier molecular flexibility index (Phi) is 12.6. The summed E-state index contributed by atoms with van der Waals surface area (Å²) < 4.78 is 5.15. The molecular weight excluding hydrogens is 574 g/mol. The summed E-state index contributed by atoms with van der Waals surface area (Å²) in [5.74, 6) is -5.73. The van der Waals surface area contributed by atoms with Gasteiger partial charge in [0.25, 0.3) is 0 Å². The number of phenols is 1. The van der Waals surface area contributed by atoms with Gasteiger partial charge in [0, 0.05) is 13.0 Å². The Morgan fingerprint density at radius 3 is 2.16 bits per heavy atom. The third-order valence-electron chi connectivity index (χ3n) is 5.72. The van der Waals surface area contributed by atoms with E-state index < -0.39 is 66.9 Å². The first-order valence-corrected chi connectivity index (χ1v) is 12.7. The number of aromatic nitrogens is 2. The number of aliphatic carboxylic acids is 3. The van der Waals surface area contributed by atoms with Gasteiger partial charge in [-0.1, -0.05) is 17.3 Å². The van der Waals surface area contributed by atoms with E-state index in [4.69, 9.17) is 26.8 Å². The number of carbonyl (C=O) groups is 5. The number of carboxylic acids is 3. The van der Waals surface area contributed by atoms with Gasteiger partial charge in [-0.05, 0) is 30.5 Å². The maximum Gasteiger partial charge on any atom is 0.326 e. The van der Waals surface area contributed by atoms with E-state index in [2.05, 4.69) is 31.1 Å². The van der Waals surface area contributed by atoms with Crippen LogP contribution in [0.3, 0.4) is 0 Å². The third-order valence-corrected chi connectivity index (χ3v) is 5.72. The molecular formula is C24H33N9O10. The first kappa shape index (κ1) is 33.7. The number of phenolic OH excluding ortho intramolecular Hbond substituents is 1. The summed E-state index contributed by atoms with van der Waals surface area (Å²) in [6.07, 6.45) is -1.22. The van der Waals surface area contributed by atoms with Crippen molar-refractivity contribution in [1.82, 2.24) is 26.1 Å². The van der Waals surface area contributed by atoms with Gasteiger partial charge in [-0.3, -0.25) is 19.4 Å². The molecule has 0 bridgehead atoms. The van der Waals surface area contributed by atoms with Crippen LogP contribution in [0.4, 0.5) is 4.79 Å². The number of hydrogen-bond donors (Lipinski definition) is 10. The van der Waals surface area contributed by atoms with Crippen molar-refractivity contribution in [3.8, 4) is 5.75 Å². The highest BCUT2D eigenvalue weighted by Crippen LogP contribution is 2.20. The number of carboxylic acid groups (broad SMARTS) is 3. The van der Waals surface area contributed by atoms with Crippen LogP contribution in [-0.4, -0.2) is 85.0 Å². The molecule has 2 rings (SSSR count). The van der Waals surface area contributed by atoms with E-state index >= 15 is 0 Å². The summed E-state index contributed by atoms with van der Waals surface area (Å²) >= 11 is 0. The number of nitrogens with two attached hydrogens (primary N) is 3. The lowest BCUT2D eigenvalue weighted by atomic mass is 10.0. The SMILES string of the molecule is NC(N)=NCCC[C@H](NC(=O)N[C@@H](CC(=O)O)C(=O)N[C@@H](Cc1ccc(O)cc1)C(=O)O)c1nc([C@@H](N)CC(=O)O)no1. The average molecular weight is 608 g/mol. The van der Waals surface area contributed by atoms with Gasteiger partial charge in [-0.15, -0.1) is 0 Å². The zero-order chi connectivity index (χ0) is 32.1. The lowest BCUT2D eigenvalue weighted by Gasteiger charge is -2.22. The van der Waals surface area contributed by atoms with Gasteiger partial charge >= 0.3 is 23.9 Å². The molecule has 0 saturated carbocycles. The lowest BCUT2D eigenvalue weighted by Crippen LogP contribution is -2.54. The van der Waals surface area contributed by atoms with Crippen molar-refractivity contribution in [3.63, 3.8) is 0 Å². The van der Waals surface area contributed by atoms with Crippen LogP contribution >= 0.6 is 0 Å². The zero-order valence-corrected chi connectivity index (χ0v) is 22.7. The minimum atomic E-state index is -1.70. The molecule has 19 heteroatoms. The molecule has 0 aliphatic rings. The second kappa shape index (κ2) is 16.1. The molecule has 13 N–H and O–H groups in total. The van der Waals surface area contributed by atoms with E-state index in [0.717, 1.165) is 0 Å². The van der Waals surface area contributed by atoms with Crippen LogP contribution in [0.5, 0.6) is 5.75 Å². The predicted molar refractivity (Wildman–Crippen MR) is 145 cm³/mol. The molecule has 0 spiro atoms. The number of rotatable bonds is 17. The first-order chi connectivity index (χ1) is 20.2. The predicted octanol–water partition coefficient (Wildman–Crippen LogP) is -1.70. The molecule has 0 saturated heterocycles. The molecule has 2 aromatic rings. The summed E-state index contributed by atoms with van der Waals surface area (Å²) in [6, 6.07) is -0.846. The highest BCUT2D eigenvalue weighted by atomic mass is 16.5. The molecule has 0 unspecified atom stereocenters. The summed E-state index contributed by atoms with van der Waals surface area (Å²) in [4.78, 5) is 67.9. The number of nitrogens with zero attached hydrogens (tertiary/aromatic N) is 3. The molecule has 43 heavy (non-hydrogen) atoms. The number of hydrogen-bond acceptors (Lipinski definition) is 11. The molecule has 234 valence electrons. The molecule has 4 atom stereocenters. The van der Waals surface area contributed by atoms with Crippen molar-refractivity contribution in [2.75, 3.05) is 6.54 Å². The fourth-order valence-electron chi connectivity index (χ4n) is 3.66. The highest BCUT2D eigenvalue weighted by molar-refractivity contribution is 5.92. The Labute approximate surface area is 243 Å². The topological polar surface area (TPSA) is 332 Å². The van der Waals surface area contributed by atoms with Crippen LogP contribution < -0.4 is 33.2 Å². The van der Waals surface area contributed by atoms with E-state index in [9.17, 15) is 39.3 Å². The van der Waals surface area contributed by atoms with Gasteiger partial charge in [-0.2, -0.15) is 4.98 Å². The van der Waals surface area contributed by atoms with Crippen LogP contribution in [0.15, 0.2) is 33.8 Å². The van der Waals surface area contributed by atoms with Crippen LogP contribution in [-0.2, 0) is 25.6 Å². The summed E-state index contributed by atoms with van der Waals surface area (Å²) in [5.41, 5.74) is 16.8. The number of nitrogens with one attached hydrogen (secondary N) is 3. The van der Waals surface area contributed by atoms with E-state index in [1.807, 2.05) is 0 Å². The minimum Gasteiger partial charge on any atom is -0.508 e. The fourth-order valence-corrected chi connectivity index (χ4v) is 3.66. The number of aromatic hydroxyl groups is 1. The fraction of sp³-hybridized carbons (Fsp3) is 0.417. The van der Waals surface area contributed by atoms with Crippen molar-refractivity contribution >= 4 is 35.8 Å². The average Bonchev–Trinajstić information content (AvgIpc) is 3.40. The van der Waals surface area contributed by atoms with Crippen molar-refractivity contribution in [2.24, 2.45) is 22.2 Å². The van der Waals surface area contributed by atoms with Crippen molar-refractivity contribution in [2.45, 2.75) is 56.3 Å². The normalized spacial score (nSPS) is 13.5. The van der Waals surface area contributed by atoms with Gasteiger partial charge in [0.05, 0.1) is 18.9 Å². The van der Waals surface area contributed by atoms with Gasteiger partial charge < -0.3 is 58.1 Å². The maximum atomic E-state index is 12.9. The van der Waals surface area contributed by atoms with E-state index in [0.29, 0.717) is 5.56 Å². The number of aliphatic imine (C=N–C) groups is 1. The zero-order valence-electron chi connectivity index (χ0n) is 22.7. The van der Waals surface area contributed by atoms with Gasteiger partial charge in [0.1, 0.15) is 23.9 Å². The summed E-state index contributed by atoms with van der Waals surface area (Å²) in [7, 11) is 0. The van der Waals surface area contributed by atoms with Crippen molar-refractivity contribution in [1.29, 1.82) is 0 Å². The Bertz CT molecular complexity index is 1310. The van der Waals surface area contributed by atoms with Crippen molar-refractivity contribution < 1.29 is 48.9 Å². The number of benzene rings is 1. The van der Waals surface area contributed by atoms with Gasteiger partial charge in [0.2, 0.25) is 11.8 Å². The molecule has 0 aliphatic heterocycles. The Balaban J connectivity index is 2.18. The largest absolute Gasteiger partial charge is 0.508 e. The first-order valence-electron chi connectivity index (χ1n) is 12.7. The van der Waals surface area contributed by atoms with E-state index in [1.54, 1.807) is 0 Å². The number of urea groups is 1. The second-order valence-electron chi connectivity index (χ2n) is 9.23. The minimum absolute atomic E-state index is 0.0502. The Morgan fingerprint density at radius 1 is 0.930 bits per heavy atom. The number of guanidine groups is 1. The van der Waals surface area contributed by atoms with E-state index in [1.165, 1.54) is 24.3 Å². The standard InChI is InChI=1S/C24H33N9O10/c25-13(9-17(35)36)19-32-21(43-33-19)14(2-1-7-28-23(26)27)30-24(42)31-15(10-18(37)38)20(39)29-16(22(40)41)8-11-3-5-12(34)6-4-11/h3-6,13-16,34H,1-2,7-10,25H2,(H,29,39)(H,35,36)(H,37,38)(H,40,41)(H4,26,27,28)(H2,30,31,42)/t13-,14-,15-,16-/m0/s1. The molecule has 1 heterocycles. The molecule has 1 aromatic carbocycles. The van der Waals surface area contributed by atoms with Gasteiger partial charge in [0.15, 0.2) is 11.8 Å². The maximum absolute atomic E-state index is 12.9. The molecule has 0 aliphatic carbocycles. The second-order valence-corrected chi connectivity index (χ2v) is 9.23. The summed E-state index contributed by atoms with van der Waals surface area (Å²) in [6.45, 7) is 0.142. The number of carbonyl (C=O) groups excluding carboxylic acids is 2. The Morgan fingerprint density at radius 2 is 1.58 bits per heavy atom. The monoisotopic (exact) mass is 607 g/mol. The van der Waals surface area contributed by atoms with Crippen LogP contribution in [0.2, 0.25) is 0 Å². The van der Waals surface area contributed by atoms with Crippen LogP contribution in [0.25, 0.3) is 0 Å². The smallest absolute Gasteiger partial charge is 0.326 e. The lowest BCUT2D eigenvalue weighted by molar-refractivity contribution is -0.143. The van der Waals surface area contributed by atoms with Crippen LogP contribution in [0.1, 0.15) is 55.0 Å². The quantitative estimate of drug-likeness (QED) is 0.0544.